The third-order valence-corrected chi connectivity index (χ3v) is 2.20. The topological polar surface area (TPSA) is 33.0 Å². The monoisotopic (exact) mass is 305 g/mol. The van der Waals surface area contributed by atoms with Crippen LogP contribution in [0.25, 0.3) is 6.08 Å². The summed E-state index contributed by atoms with van der Waals surface area (Å²) in [5, 5.41) is 8.32. The Morgan fingerprint density at radius 1 is 1.41 bits per heavy atom. The molecule has 1 aromatic rings. The number of halogens is 4. The Bertz CT molecular complexity index is 463. The van der Waals surface area contributed by atoms with Crippen LogP contribution in [0.3, 0.4) is 0 Å². The number of nitrogens with zero attached hydrogens (tertiary/aromatic N) is 1. The van der Waals surface area contributed by atoms with Crippen molar-refractivity contribution in [1.82, 2.24) is 0 Å². The zero-order valence-corrected chi connectivity index (χ0v) is 10.0. The molecule has 90 valence electrons. The van der Waals surface area contributed by atoms with Gasteiger partial charge in [-0.2, -0.15) is 5.26 Å². The van der Waals surface area contributed by atoms with Crippen molar-refractivity contribution in [3.05, 3.63) is 34.3 Å². The van der Waals surface area contributed by atoms with Crippen LogP contribution in [0, 0.1) is 11.3 Å². The second kappa shape index (κ2) is 5.73. The Balaban J connectivity index is 3.00. The fourth-order valence-corrected chi connectivity index (χ4v) is 1.44. The Labute approximate surface area is 104 Å². The molecular weight excluding hydrogens is 299 g/mol. The van der Waals surface area contributed by atoms with Crippen LogP contribution in [0.2, 0.25) is 0 Å². The lowest BCUT2D eigenvalue weighted by atomic mass is 10.2. The van der Waals surface area contributed by atoms with Gasteiger partial charge in [0.05, 0.1) is 12.5 Å². The molecule has 0 amide bonds. The van der Waals surface area contributed by atoms with Crippen LogP contribution in [0.1, 0.15) is 12.0 Å². The van der Waals surface area contributed by atoms with Gasteiger partial charge in [-0.05, 0) is 12.1 Å². The van der Waals surface area contributed by atoms with Crippen molar-refractivity contribution in [3.8, 4) is 11.8 Å². The van der Waals surface area contributed by atoms with Crippen LogP contribution in [0.5, 0.6) is 5.75 Å². The van der Waals surface area contributed by atoms with Crippen LogP contribution >= 0.6 is 15.9 Å². The van der Waals surface area contributed by atoms with Crippen molar-refractivity contribution in [1.29, 1.82) is 5.26 Å². The van der Waals surface area contributed by atoms with Crippen LogP contribution in [-0.4, -0.2) is 6.36 Å². The van der Waals surface area contributed by atoms with Crippen molar-refractivity contribution >= 4 is 22.0 Å². The molecular formula is C11H7BrF3NO. The zero-order chi connectivity index (χ0) is 12.9. The van der Waals surface area contributed by atoms with E-state index in [0.717, 1.165) is 0 Å². The highest BCUT2D eigenvalue weighted by atomic mass is 79.9. The normalized spacial score (nSPS) is 11.5. The highest BCUT2D eigenvalue weighted by molar-refractivity contribution is 9.10. The average Bonchev–Trinajstić information content (AvgIpc) is 2.19. The van der Waals surface area contributed by atoms with E-state index in [4.69, 9.17) is 5.26 Å². The molecule has 0 saturated carbocycles. The molecule has 0 atom stereocenters. The van der Waals surface area contributed by atoms with Crippen LogP contribution in [0.15, 0.2) is 28.7 Å². The standard InChI is InChI=1S/C11H7BrF3NO/c12-9-5-4-8(3-1-2-6-16)10(7-9)17-11(13,14)15/h1,3-5,7H,2H2. The SMILES string of the molecule is N#CCC=Cc1ccc(Br)cc1OC(F)(F)F. The van der Waals surface area contributed by atoms with Crippen molar-refractivity contribution in [2.24, 2.45) is 0 Å². The molecule has 0 bridgehead atoms. The summed E-state index contributed by atoms with van der Waals surface area (Å²) >= 11 is 3.06. The van der Waals surface area contributed by atoms with Crippen LogP contribution in [-0.2, 0) is 0 Å². The molecule has 0 heterocycles. The molecule has 0 aromatic heterocycles. The summed E-state index contributed by atoms with van der Waals surface area (Å²) in [6, 6.07) is 6.14. The number of rotatable bonds is 3. The minimum atomic E-state index is -4.74. The van der Waals surface area contributed by atoms with E-state index in [2.05, 4.69) is 20.7 Å². The van der Waals surface area contributed by atoms with Gasteiger partial charge in [-0.3, -0.25) is 0 Å². The molecule has 0 radical (unpaired) electrons. The number of hydrogen-bond acceptors (Lipinski definition) is 2. The number of benzene rings is 1. The predicted octanol–water partition coefficient (Wildman–Crippen LogP) is 4.27. The summed E-state index contributed by atoms with van der Waals surface area (Å²) in [4.78, 5) is 0. The number of allylic oxidation sites excluding steroid dienone is 1. The molecule has 0 aliphatic rings. The van der Waals surface area contributed by atoms with E-state index in [9.17, 15) is 13.2 Å². The van der Waals surface area contributed by atoms with Crippen LogP contribution < -0.4 is 4.74 Å². The maximum absolute atomic E-state index is 12.1. The third-order valence-electron chi connectivity index (χ3n) is 1.71. The summed E-state index contributed by atoms with van der Waals surface area (Å²) in [5.74, 6) is -0.305. The number of alkyl halides is 3. The molecule has 0 fully saturated rings. The Morgan fingerprint density at radius 2 is 2.12 bits per heavy atom. The van der Waals surface area contributed by atoms with Crippen molar-refractivity contribution in [2.75, 3.05) is 0 Å². The first kappa shape index (κ1) is 13.6. The summed E-state index contributed by atoms with van der Waals surface area (Å²) in [7, 11) is 0. The molecule has 1 aromatic carbocycles. The van der Waals surface area contributed by atoms with Gasteiger partial charge in [-0.15, -0.1) is 13.2 Å². The summed E-state index contributed by atoms with van der Waals surface area (Å²) in [6.45, 7) is 0. The van der Waals surface area contributed by atoms with Gasteiger partial charge in [0.2, 0.25) is 0 Å². The number of hydrogen-bond donors (Lipinski definition) is 0. The highest BCUT2D eigenvalue weighted by Crippen LogP contribution is 2.30. The van der Waals surface area contributed by atoms with Gasteiger partial charge in [0, 0.05) is 10.0 Å². The average molecular weight is 306 g/mol. The van der Waals surface area contributed by atoms with Gasteiger partial charge in [-0.1, -0.05) is 34.1 Å². The van der Waals surface area contributed by atoms with E-state index in [0.29, 0.717) is 4.47 Å². The lowest BCUT2D eigenvalue weighted by molar-refractivity contribution is -0.274. The van der Waals surface area contributed by atoms with Crippen molar-refractivity contribution in [2.45, 2.75) is 12.8 Å². The Hall–Kier alpha value is -1.48. The first-order chi connectivity index (χ1) is 7.92. The quantitative estimate of drug-likeness (QED) is 0.835. The molecule has 0 N–H and O–H groups in total. The van der Waals surface area contributed by atoms with E-state index in [1.54, 1.807) is 6.07 Å². The Morgan fingerprint density at radius 3 is 2.71 bits per heavy atom. The fourth-order valence-electron chi connectivity index (χ4n) is 1.10. The summed E-state index contributed by atoms with van der Waals surface area (Å²) < 4.78 is 40.7. The van der Waals surface area contributed by atoms with Crippen LogP contribution in [0.4, 0.5) is 13.2 Å². The summed E-state index contributed by atoms with van der Waals surface area (Å²) in [6.07, 6.45) is -1.73. The van der Waals surface area contributed by atoms with Gasteiger partial charge in [0.25, 0.3) is 0 Å². The molecule has 17 heavy (non-hydrogen) atoms. The third kappa shape index (κ3) is 4.91. The van der Waals surface area contributed by atoms with E-state index in [1.165, 1.54) is 24.3 Å². The molecule has 0 spiro atoms. The minimum Gasteiger partial charge on any atom is -0.405 e. The van der Waals surface area contributed by atoms with E-state index in [1.807, 2.05) is 6.07 Å². The van der Waals surface area contributed by atoms with E-state index < -0.39 is 6.36 Å². The molecule has 0 unspecified atom stereocenters. The Kier molecular flexibility index (Phi) is 4.58. The first-order valence-corrected chi connectivity index (χ1v) is 5.30. The van der Waals surface area contributed by atoms with Gasteiger partial charge in [-0.25, -0.2) is 0 Å². The maximum Gasteiger partial charge on any atom is 0.573 e. The number of nitriles is 1. The van der Waals surface area contributed by atoms with Gasteiger partial charge in [0.15, 0.2) is 0 Å². The highest BCUT2D eigenvalue weighted by Gasteiger charge is 2.31. The second-order valence-corrected chi connectivity index (χ2v) is 3.91. The van der Waals surface area contributed by atoms with Gasteiger partial charge < -0.3 is 4.74 Å². The van der Waals surface area contributed by atoms with E-state index >= 15 is 0 Å². The van der Waals surface area contributed by atoms with E-state index in [-0.39, 0.29) is 17.7 Å². The zero-order valence-electron chi connectivity index (χ0n) is 8.46. The fraction of sp³-hybridized carbons (Fsp3) is 0.182. The predicted molar refractivity (Wildman–Crippen MR) is 60.1 cm³/mol. The lowest BCUT2D eigenvalue weighted by Crippen LogP contribution is -2.17. The van der Waals surface area contributed by atoms with Crippen molar-refractivity contribution < 1.29 is 17.9 Å². The first-order valence-electron chi connectivity index (χ1n) is 4.51. The molecule has 0 aliphatic carbocycles. The minimum absolute atomic E-state index is 0.127. The molecule has 2 nitrogen and oxygen atoms in total. The van der Waals surface area contributed by atoms with Crippen molar-refractivity contribution in [3.63, 3.8) is 0 Å². The van der Waals surface area contributed by atoms with Gasteiger partial charge in [0.1, 0.15) is 5.75 Å². The van der Waals surface area contributed by atoms with Gasteiger partial charge >= 0.3 is 6.36 Å². The molecule has 1 rings (SSSR count). The lowest BCUT2D eigenvalue weighted by Gasteiger charge is -2.11. The molecule has 6 heteroatoms. The molecule has 0 saturated heterocycles. The maximum atomic E-state index is 12.1. The second-order valence-electron chi connectivity index (χ2n) is 2.99. The largest absolute Gasteiger partial charge is 0.573 e. The molecule has 0 aliphatic heterocycles. The smallest absolute Gasteiger partial charge is 0.405 e. The number of ether oxygens (including phenoxy) is 1. The summed E-state index contributed by atoms with van der Waals surface area (Å²) in [5.41, 5.74) is 0.265.